The van der Waals surface area contributed by atoms with E-state index < -0.39 is 0 Å². The summed E-state index contributed by atoms with van der Waals surface area (Å²) >= 11 is 0. The lowest BCUT2D eigenvalue weighted by atomic mass is 10.3. The number of nitrogens with zero attached hydrogens (tertiary/aromatic N) is 3. The average molecular weight is 399 g/mol. The first-order valence-electron chi connectivity index (χ1n) is 9.94. The van der Waals surface area contributed by atoms with Crippen LogP contribution in [-0.2, 0) is 11.3 Å². The van der Waals surface area contributed by atoms with E-state index in [9.17, 15) is 4.79 Å². The maximum absolute atomic E-state index is 11.9. The van der Waals surface area contributed by atoms with Crippen molar-refractivity contribution in [3.63, 3.8) is 0 Å². The number of hydrogen-bond donors (Lipinski definition) is 2. The van der Waals surface area contributed by atoms with E-state index in [-0.39, 0.29) is 11.8 Å². The number of rotatable bonds is 7. The second-order valence-corrected chi connectivity index (χ2v) is 7.32. The normalized spacial score (nSPS) is 13.2. The molecule has 4 aromatic rings. The number of carbonyl (C=O) groups is 1. The van der Waals surface area contributed by atoms with Gasteiger partial charge in [-0.1, -0.05) is 12.1 Å². The SMILES string of the molecule is O=C(Nc1cn2cc(Oc3cccc(NCc4ccccn4)c3)ccc2n1)C1CC1. The Morgan fingerprint density at radius 2 is 2.00 bits per heavy atom. The standard InChI is InChI=1S/C23H21N5O2/c29-23(16-7-8-16)27-21-15-28-14-20(9-10-22(28)26-21)30-19-6-3-5-17(12-19)25-13-18-4-1-2-11-24-18/h1-6,9-12,14-16,25H,7-8,13H2,(H,27,29). The molecule has 0 saturated heterocycles. The molecule has 1 aliphatic rings. The van der Waals surface area contributed by atoms with Crippen LogP contribution in [0.15, 0.2) is 73.2 Å². The summed E-state index contributed by atoms with van der Waals surface area (Å²) < 4.78 is 7.87. The van der Waals surface area contributed by atoms with Crippen molar-refractivity contribution in [2.45, 2.75) is 19.4 Å². The highest BCUT2D eigenvalue weighted by molar-refractivity contribution is 5.93. The van der Waals surface area contributed by atoms with Gasteiger partial charge in [-0.15, -0.1) is 0 Å². The number of nitrogens with one attached hydrogen (secondary N) is 2. The number of carbonyl (C=O) groups excluding carboxylic acids is 1. The van der Waals surface area contributed by atoms with E-state index in [1.807, 2.05) is 65.2 Å². The summed E-state index contributed by atoms with van der Waals surface area (Å²) in [5.74, 6) is 2.16. The smallest absolute Gasteiger partial charge is 0.228 e. The van der Waals surface area contributed by atoms with E-state index in [1.54, 1.807) is 12.4 Å². The zero-order valence-corrected chi connectivity index (χ0v) is 16.3. The largest absolute Gasteiger partial charge is 0.456 e. The highest BCUT2D eigenvalue weighted by Crippen LogP contribution is 2.30. The van der Waals surface area contributed by atoms with E-state index in [0.717, 1.165) is 35.6 Å². The fourth-order valence-corrected chi connectivity index (χ4v) is 3.17. The van der Waals surface area contributed by atoms with Gasteiger partial charge in [-0.2, -0.15) is 0 Å². The molecule has 0 atom stereocenters. The van der Waals surface area contributed by atoms with Gasteiger partial charge >= 0.3 is 0 Å². The Morgan fingerprint density at radius 3 is 2.83 bits per heavy atom. The van der Waals surface area contributed by atoms with Crippen LogP contribution in [-0.4, -0.2) is 20.3 Å². The molecule has 3 heterocycles. The molecule has 0 radical (unpaired) electrons. The summed E-state index contributed by atoms with van der Waals surface area (Å²) in [4.78, 5) is 20.7. The van der Waals surface area contributed by atoms with Gasteiger partial charge < -0.3 is 19.8 Å². The van der Waals surface area contributed by atoms with Crippen molar-refractivity contribution in [2.24, 2.45) is 5.92 Å². The number of pyridine rings is 2. The fourth-order valence-electron chi connectivity index (χ4n) is 3.17. The van der Waals surface area contributed by atoms with Gasteiger partial charge in [-0.3, -0.25) is 9.78 Å². The lowest BCUT2D eigenvalue weighted by Crippen LogP contribution is -2.13. The monoisotopic (exact) mass is 399 g/mol. The third kappa shape index (κ3) is 4.25. The lowest BCUT2D eigenvalue weighted by molar-refractivity contribution is -0.117. The van der Waals surface area contributed by atoms with Crippen LogP contribution < -0.4 is 15.4 Å². The highest BCUT2D eigenvalue weighted by Gasteiger charge is 2.29. The van der Waals surface area contributed by atoms with Gasteiger partial charge in [0.1, 0.15) is 17.1 Å². The van der Waals surface area contributed by atoms with E-state index in [0.29, 0.717) is 18.1 Å². The van der Waals surface area contributed by atoms with Crippen LogP contribution in [0.1, 0.15) is 18.5 Å². The Bertz CT molecular complexity index is 1180. The molecule has 0 spiro atoms. The molecule has 1 fully saturated rings. The minimum atomic E-state index is 0.0462. The summed E-state index contributed by atoms with van der Waals surface area (Å²) in [6.45, 7) is 0.640. The van der Waals surface area contributed by atoms with Crippen molar-refractivity contribution in [3.8, 4) is 11.5 Å². The first-order chi connectivity index (χ1) is 14.7. The second kappa shape index (κ2) is 7.87. The highest BCUT2D eigenvalue weighted by atomic mass is 16.5. The van der Waals surface area contributed by atoms with Crippen LogP contribution in [0.5, 0.6) is 11.5 Å². The number of hydrogen-bond acceptors (Lipinski definition) is 5. The topological polar surface area (TPSA) is 80.6 Å². The molecule has 1 aliphatic carbocycles. The molecular weight excluding hydrogens is 378 g/mol. The molecule has 7 heteroatoms. The molecule has 1 aromatic carbocycles. The summed E-state index contributed by atoms with van der Waals surface area (Å²) in [6, 6.07) is 17.4. The Hall–Kier alpha value is -3.87. The quantitative estimate of drug-likeness (QED) is 0.479. The average Bonchev–Trinajstić information content (AvgIpc) is 3.54. The maximum Gasteiger partial charge on any atom is 0.228 e. The zero-order chi connectivity index (χ0) is 20.3. The number of fused-ring (bicyclic) bond motifs is 1. The van der Waals surface area contributed by atoms with Crippen molar-refractivity contribution in [1.29, 1.82) is 0 Å². The third-order valence-corrected chi connectivity index (χ3v) is 4.89. The Balaban J connectivity index is 1.27. The lowest BCUT2D eigenvalue weighted by Gasteiger charge is -2.10. The molecule has 2 N–H and O–H groups in total. The van der Waals surface area contributed by atoms with Crippen LogP contribution in [0, 0.1) is 5.92 Å². The molecule has 1 amide bonds. The van der Waals surface area contributed by atoms with Gasteiger partial charge in [0.05, 0.1) is 24.6 Å². The van der Waals surface area contributed by atoms with Crippen molar-refractivity contribution in [2.75, 3.05) is 10.6 Å². The molecule has 0 unspecified atom stereocenters. The van der Waals surface area contributed by atoms with E-state index in [4.69, 9.17) is 4.74 Å². The van der Waals surface area contributed by atoms with Crippen LogP contribution >= 0.6 is 0 Å². The van der Waals surface area contributed by atoms with Crippen molar-refractivity contribution >= 4 is 23.1 Å². The number of aromatic nitrogens is 3. The van der Waals surface area contributed by atoms with Gasteiger partial charge in [0.25, 0.3) is 0 Å². The van der Waals surface area contributed by atoms with E-state index in [2.05, 4.69) is 20.6 Å². The van der Waals surface area contributed by atoms with E-state index in [1.165, 1.54) is 0 Å². The molecular formula is C23H21N5O2. The van der Waals surface area contributed by atoms with Crippen molar-refractivity contribution < 1.29 is 9.53 Å². The van der Waals surface area contributed by atoms with Gasteiger partial charge in [0.2, 0.25) is 5.91 Å². The molecule has 0 bridgehead atoms. The van der Waals surface area contributed by atoms with Crippen molar-refractivity contribution in [1.82, 2.24) is 14.4 Å². The first-order valence-corrected chi connectivity index (χ1v) is 9.94. The number of benzene rings is 1. The van der Waals surface area contributed by atoms with Gasteiger partial charge in [-0.05, 0) is 49.2 Å². The molecule has 7 nitrogen and oxygen atoms in total. The number of amides is 1. The zero-order valence-electron chi connectivity index (χ0n) is 16.3. The predicted molar refractivity (Wildman–Crippen MR) is 115 cm³/mol. The number of anilines is 2. The van der Waals surface area contributed by atoms with Crippen LogP contribution in [0.3, 0.4) is 0 Å². The predicted octanol–water partition coefficient (Wildman–Crippen LogP) is 4.48. The fraction of sp³-hybridized carbons (Fsp3) is 0.174. The van der Waals surface area contributed by atoms with Gasteiger partial charge in [0.15, 0.2) is 5.82 Å². The van der Waals surface area contributed by atoms with Gasteiger partial charge in [-0.25, -0.2) is 4.98 Å². The molecule has 3 aromatic heterocycles. The molecule has 30 heavy (non-hydrogen) atoms. The molecule has 150 valence electrons. The number of imidazole rings is 1. The summed E-state index contributed by atoms with van der Waals surface area (Å²) in [7, 11) is 0. The minimum Gasteiger partial charge on any atom is -0.456 e. The van der Waals surface area contributed by atoms with Crippen LogP contribution in [0.25, 0.3) is 5.65 Å². The summed E-state index contributed by atoms with van der Waals surface area (Å²) in [6.07, 6.45) is 7.36. The molecule has 0 aliphatic heterocycles. The van der Waals surface area contributed by atoms with E-state index >= 15 is 0 Å². The molecule has 1 saturated carbocycles. The Morgan fingerprint density at radius 1 is 1.07 bits per heavy atom. The summed E-state index contributed by atoms with van der Waals surface area (Å²) in [5, 5.41) is 6.23. The Labute approximate surface area is 173 Å². The first kappa shape index (κ1) is 18.2. The molecule has 5 rings (SSSR count). The maximum atomic E-state index is 11.9. The van der Waals surface area contributed by atoms with Crippen LogP contribution in [0.4, 0.5) is 11.5 Å². The Kier molecular flexibility index (Phi) is 4.77. The summed E-state index contributed by atoms with van der Waals surface area (Å²) in [5.41, 5.74) is 2.67. The van der Waals surface area contributed by atoms with Gasteiger partial charge in [0, 0.05) is 23.9 Å². The third-order valence-electron chi connectivity index (χ3n) is 4.89. The number of ether oxygens (including phenoxy) is 1. The minimum absolute atomic E-state index is 0.0462. The second-order valence-electron chi connectivity index (χ2n) is 7.32. The van der Waals surface area contributed by atoms with Crippen molar-refractivity contribution in [3.05, 3.63) is 78.9 Å². The van der Waals surface area contributed by atoms with Crippen LogP contribution in [0.2, 0.25) is 0 Å².